The summed E-state index contributed by atoms with van der Waals surface area (Å²) in [7, 11) is 1.56. The van der Waals surface area contributed by atoms with E-state index in [-0.39, 0.29) is 24.1 Å². The number of aliphatic imine (C=N–C) groups is 1. The van der Waals surface area contributed by atoms with Gasteiger partial charge in [0, 0.05) is 12.1 Å². The molecular formula is C18H16FN3O3S. The van der Waals surface area contributed by atoms with Gasteiger partial charge in [-0.2, -0.15) is 0 Å². The predicted molar refractivity (Wildman–Crippen MR) is 99.3 cm³/mol. The van der Waals surface area contributed by atoms with E-state index in [4.69, 9.17) is 4.74 Å². The van der Waals surface area contributed by atoms with Crippen molar-refractivity contribution in [3.8, 4) is 5.75 Å². The molecule has 0 bridgehead atoms. The molecule has 1 atom stereocenters. The second-order valence-corrected chi connectivity index (χ2v) is 6.66. The number of nitrogens with zero attached hydrogens (tertiary/aromatic N) is 1. The molecule has 1 heterocycles. The number of carbonyl (C=O) groups is 2. The lowest BCUT2D eigenvalue weighted by Crippen LogP contribution is -2.28. The first-order chi connectivity index (χ1) is 12.5. The Morgan fingerprint density at radius 3 is 2.58 bits per heavy atom. The third kappa shape index (κ3) is 4.60. The summed E-state index contributed by atoms with van der Waals surface area (Å²) in [6.45, 7) is 0. The highest BCUT2D eigenvalue weighted by Crippen LogP contribution is 2.26. The summed E-state index contributed by atoms with van der Waals surface area (Å²) in [5, 5.41) is 5.21. The van der Waals surface area contributed by atoms with Gasteiger partial charge in [0.15, 0.2) is 5.17 Å². The van der Waals surface area contributed by atoms with Crippen LogP contribution in [-0.4, -0.2) is 29.3 Å². The van der Waals surface area contributed by atoms with Crippen LogP contribution in [0, 0.1) is 5.82 Å². The van der Waals surface area contributed by atoms with E-state index in [0.29, 0.717) is 22.3 Å². The summed E-state index contributed by atoms with van der Waals surface area (Å²) in [5.74, 6) is -0.216. The lowest BCUT2D eigenvalue weighted by Gasteiger charge is -2.08. The number of nitrogens with one attached hydrogen (secondary N) is 2. The van der Waals surface area contributed by atoms with Gasteiger partial charge in [-0.3, -0.25) is 9.59 Å². The average molecular weight is 373 g/mol. The highest BCUT2D eigenvalue weighted by atomic mass is 32.2. The Morgan fingerprint density at radius 2 is 1.92 bits per heavy atom. The van der Waals surface area contributed by atoms with Crippen molar-refractivity contribution in [1.82, 2.24) is 5.32 Å². The number of amides is 2. The number of hydrogen-bond acceptors (Lipinski definition) is 5. The predicted octanol–water partition coefficient (Wildman–Crippen LogP) is 3.08. The van der Waals surface area contributed by atoms with Crippen LogP contribution in [0.2, 0.25) is 0 Å². The van der Waals surface area contributed by atoms with Gasteiger partial charge in [0.1, 0.15) is 16.8 Å². The van der Waals surface area contributed by atoms with Gasteiger partial charge in [-0.05, 0) is 48.5 Å². The summed E-state index contributed by atoms with van der Waals surface area (Å²) in [4.78, 5) is 28.4. The fourth-order valence-corrected chi connectivity index (χ4v) is 3.27. The van der Waals surface area contributed by atoms with Crippen LogP contribution in [0.5, 0.6) is 5.75 Å². The zero-order chi connectivity index (χ0) is 18.5. The summed E-state index contributed by atoms with van der Waals surface area (Å²) < 4.78 is 18.0. The molecule has 1 saturated heterocycles. The van der Waals surface area contributed by atoms with Crippen LogP contribution in [0.1, 0.15) is 6.42 Å². The lowest BCUT2D eigenvalue weighted by molar-refractivity contribution is -0.122. The van der Waals surface area contributed by atoms with Gasteiger partial charge < -0.3 is 15.4 Å². The fourth-order valence-electron chi connectivity index (χ4n) is 2.28. The number of rotatable bonds is 5. The SMILES string of the molecule is COc1ccc(NC(=O)C[C@H]2SC(=Nc3ccc(F)cc3)NC2=O)cc1. The Bertz CT molecular complexity index is 838. The fraction of sp³-hybridized carbons (Fsp3) is 0.167. The molecule has 0 unspecified atom stereocenters. The third-order valence-electron chi connectivity index (χ3n) is 3.58. The van der Waals surface area contributed by atoms with Crippen molar-refractivity contribution in [2.75, 3.05) is 12.4 Å². The van der Waals surface area contributed by atoms with E-state index >= 15 is 0 Å². The first-order valence-electron chi connectivity index (χ1n) is 7.79. The second-order valence-electron chi connectivity index (χ2n) is 5.47. The first kappa shape index (κ1) is 17.9. The van der Waals surface area contributed by atoms with Crippen molar-refractivity contribution in [1.29, 1.82) is 0 Å². The maximum atomic E-state index is 12.9. The number of carbonyl (C=O) groups excluding carboxylic acids is 2. The molecule has 2 aromatic carbocycles. The zero-order valence-electron chi connectivity index (χ0n) is 13.9. The number of benzene rings is 2. The van der Waals surface area contributed by atoms with Gasteiger partial charge in [-0.15, -0.1) is 0 Å². The summed E-state index contributed by atoms with van der Waals surface area (Å²) in [5.41, 5.74) is 1.15. The summed E-state index contributed by atoms with van der Waals surface area (Å²) >= 11 is 1.18. The highest BCUT2D eigenvalue weighted by molar-refractivity contribution is 8.15. The number of amidine groups is 1. The number of halogens is 1. The van der Waals surface area contributed by atoms with E-state index in [1.807, 2.05) is 0 Å². The molecule has 1 aliphatic heterocycles. The summed E-state index contributed by atoms with van der Waals surface area (Å²) in [6.07, 6.45) is 0.0188. The van der Waals surface area contributed by atoms with Crippen LogP contribution in [0.25, 0.3) is 0 Å². The van der Waals surface area contributed by atoms with Crippen LogP contribution in [0.4, 0.5) is 15.8 Å². The van der Waals surface area contributed by atoms with Crippen molar-refractivity contribution < 1.29 is 18.7 Å². The number of anilines is 1. The largest absolute Gasteiger partial charge is 0.497 e. The smallest absolute Gasteiger partial charge is 0.240 e. The molecule has 1 fully saturated rings. The Morgan fingerprint density at radius 1 is 1.23 bits per heavy atom. The van der Waals surface area contributed by atoms with E-state index in [1.165, 1.54) is 36.0 Å². The molecule has 0 radical (unpaired) electrons. The molecule has 0 spiro atoms. The van der Waals surface area contributed by atoms with Crippen LogP contribution >= 0.6 is 11.8 Å². The molecule has 26 heavy (non-hydrogen) atoms. The maximum Gasteiger partial charge on any atom is 0.240 e. The minimum Gasteiger partial charge on any atom is -0.497 e. The molecule has 2 aromatic rings. The standard InChI is InChI=1S/C18H16FN3O3S/c1-25-14-8-6-12(7-9-14)20-16(23)10-15-17(24)22-18(26-15)21-13-4-2-11(19)3-5-13/h2-9,15H,10H2,1H3,(H,20,23)(H,21,22,24)/t15-/m1/s1. The molecule has 2 N–H and O–H groups in total. The van der Waals surface area contributed by atoms with E-state index in [9.17, 15) is 14.0 Å². The first-order valence-corrected chi connectivity index (χ1v) is 8.67. The van der Waals surface area contributed by atoms with E-state index in [2.05, 4.69) is 15.6 Å². The molecular weight excluding hydrogens is 357 g/mol. The molecule has 3 rings (SSSR count). The van der Waals surface area contributed by atoms with E-state index < -0.39 is 5.25 Å². The Labute approximate surface area is 153 Å². The molecule has 0 aromatic heterocycles. The van der Waals surface area contributed by atoms with Gasteiger partial charge in [-0.25, -0.2) is 9.38 Å². The summed E-state index contributed by atoms with van der Waals surface area (Å²) in [6, 6.07) is 12.5. The normalized spacial score (nSPS) is 17.8. The topological polar surface area (TPSA) is 79.8 Å². The van der Waals surface area contributed by atoms with Crippen LogP contribution in [0.3, 0.4) is 0 Å². The quantitative estimate of drug-likeness (QED) is 0.844. The van der Waals surface area contributed by atoms with Crippen molar-refractivity contribution in [3.63, 3.8) is 0 Å². The highest BCUT2D eigenvalue weighted by Gasteiger charge is 2.32. The second kappa shape index (κ2) is 8.01. The van der Waals surface area contributed by atoms with E-state index in [0.717, 1.165) is 0 Å². The minimum absolute atomic E-state index is 0.0188. The molecule has 1 aliphatic rings. The number of hydrogen-bond donors (Lipinski definition) is 2. The number of thioether (sulfide) groups is 1. The van der Waals surface area contributed by atoms with E-state index in [1.54, 1.807) is 31.4 Å². The van der Waals surface area contributed by atoms with Crippen LogP contribution < -0.4 is 15.4 Å². The zero-order valence-corrected chi connectivity index (χ0v) is 14.7. The van der Waals surface area contributed by atoms with Gasteiger partial charge >= 0.3 is 0 Å². The molecule has 8 heteroatoms. The molecule has 134 valence electrons. The molecule has 0 aliphatic carbocycles. The van der Waals surface area contributed by atoms with Crippen LogP contribution in [-0.2, 0) is 9.59 Å². The minimum atomic E-state index is -0.563. The van der Waals surface area contributed by atoms with Crippen molar-refractivity contribution in [3.05, 3.63) is 54.3 Å². The maximum absolute atomic E-state index is 12.9. The lowest BCUT2D eigenvalue weighted by atomic mass is 10.2. The van der Waals surface area contributed by atoms with Gasteiger partial charge in [0.05, 0.1) is 12.8 Å². The number of ether oxygens (including phenoxy) is 1. The average Bonchev–Trinajstić information content (AvgIpc) is 2.96. The Hall–Kier alpha value is -2.87. The van der Waals surface area contributed by atoms with Crippen molar-refractivity contribution in [2.24, 2.45) is 4.99 Å². The number of methoxy groups -OCH3 is 1. The molecule has 2 amide bonds. The Balaban J connectivity index is 1.58. The molecule has 0 saturated carbocycles. The van der Waals surface area contributed by atoms with Crippen molar-refractivity contribution in [2.45, 2.75) is 11.7 Å². The van der Waals surface area contributed by atoms with Crippen molar-refractivity contribution >= 4 is 40.1 Å². The van der Waals surface area contributed by atoms with Crippen LogP contribution in [0.15, 0.2) is 53.5 Å². The van der Waals surface area contributed by atoms with Gasteiger partial charge in [0.2, 0.25) is 11.8 Å². The van der Waals surface area contributed by atoms with Gasteiger partial charge in [-0.1, -0.05) is 11.8 Å². The molecule has 6 nitrogen and oxygen atoms in total. The monoisotopic (exact) mass is 373 g/mol. The Kier molecular flexibility index (Phi) is 5.52. The third-order valence-corrected chi connectivity index (χ3v) is 4.66. The van der Waals surface area contributed by atoms with Gasteiger partial charge in [0.25, 0.3) is 0 Å².